The largest absolute Gasteiger partial charge is 0.461 e. The highest BCUT2D eigenvalue weighted by Gasteiger charge is 2.48. The van der Waals surface area contributed by atoms with Crippen LogP contribution in [0.5, 0.6) is 0 Å². The first-order valence-electron chi connectivity index (χ1n) is 12.0. The minimum atomic E-state index is -0.614. The Morgan fingerprint density at radius 2 is 1.83 bits per heavy atom. The van der Waals surface area contributed by atoms with Gasteiger partial charge in [0.05, 0.1) is 16.3 Å². The lowest BCUT2D eigenvalue weighted by Gasteiger charge is -2.44. The maximum Gasteiger partial charge on any atom is 0.313 e. The van der Waals surface area contributed by atoms with Crippen molar-refractivity contribution < 1.29 is 14.3 Å². The second-order valence-corrected chi connectivity index (χ2v) is 9.41. The number of hydrogen-bond acceptors (Lipinski definition) is 5. The summed E-state index contributed by atoms with van der Waals surface area (Å²) in [6.07, 6.45) is 6.61. The molecule has 1 aromatic heterocycles. The molecule has 0 radical (unpaired) electrons. The van der Waals surface area contributed by atoms with Crippen LogP contribution in [0.2, 0.25) is 0 Å². The molecular weight excluding hydrogens is 456 g/mol. The van der Waals surface area contributed by atoms with E-state index >= 15 is 0 Å². The number of pyridine rings is 1. The number of ether oxygens (including phenoxy) is 1. The van der Waals surface area contributed by atoms with E-state index in [-0.39, 0.29) is 11.8 Å². The first-order chi connectivity index (χ1) is 17.0. The van der Waals surface area contributed by atoms with Crippen LogP contribution in [0, 0.1) is 0 Å². The third kappa shape index (κ3) is 5.03. The minimum Gasteiger partial charge on any atom is -0.461 e. The summed E-state index contributed by atoms with van der Waals surface area (Å²) in [5, 5.41) is 3.15. The van der Waals surface area contributed by atoms with Crippen molar-refractivity contribution in [3.05, 3.63) is 101 Å². The quantitative estimate of drug-likeness (QED) is 0.274. The molecule has 4 rings (SSSR count). The number of ketones is 1. The Labute approximate surface area is 211 Å². The van der Waals surface area contributed by atoms with Gasteiger partial charge < -0.3 is 10.1 Å². The highest BCUT2D eigenvalue weighted by molar-refractivity contribution is 7.80. The lowest BCUT2D eigenvalue weighted by Crippen LogP contribution is -2.54. The highest BCUT2D eigenvalue weighted by Crippen LogP contribution is 2.42. The number of likely N-dealkylation sites (N-methyl/N-ethyl adjacent to an activating group) is 1. The molecule has 0 saturated heterocycles. The maximum absolute atomic E-state index is 13.4. The fourth-order valence-electron chi connectivity index (χ4n) is 4.96. The third-order valence-electron chi connectivity index (χ3n) is 6.94. The van der Waals surface area contributed by atoms with E-state index in [0.29, 0.717) is 16.1 Å². The average molecular weight is 487 g/mol. The summed E-state index contributed by atoms with van der Waals surface area (Å²) in [5.41, 5.74) is 2.25. The van der Waals surface area contributed by atoms with Crippen LogP contribution in [0.1, 0.15) is 65.6 Å². The van der Waals surface area contributed by atoms with Gasteiger partial charge in [-0.15, -0.1) is 0 Å². The number of hydrogen-bond donors (Lipinski definition) is 1. The molecule has 1 aliphatic rings. The molecule has 1 saturated carbocycles. The van der Waals surface area contributed by atoms with Crippen molar-refractivity contribution in [2.45, 2.75) is 50.0 Å². The molecular formula is C29H30N2O3S. The normalized spacial score (nSPS) is 20.5. The van der Waals surface area contributed by atoms with Crippen LogP contribution in [0.25, 0.3) is 0 Å². The van der Waals surface area contributed by atoms with Crippen molar-refractivity contribution >= 4 is 29.0 Å². The molecule has 6 heteroatoms. The van der Waals surface area contributed by atoms with E-state index in [1.54, 1.807) is 30.5 Å². The SMILES string of the molecule is CNC(=S)[C@]1(c2cccnc2)CCCC[C@H]1OC(=O)C(C)c1cccc(C(=O)c2ccccc2)c1. The molecule has 0 aliphatic heterocycles. The Morgan fingerprint density at radius 3 is 2.54 bits per heavy atom. The molecule has 1 unspecified atom stereocenters. The molecule has 1 aliphatic carbocycles. The fraction of sp³-hybridized carbons (Fsp3) is 0.310. The van der Waals surface area contributed by atoms with Crippen LogP contribution in [0.15, 0.2) is 79.1 Å². The predicted octanol–water partition coefficient (Wildman–Crippen LogP) is 5.39. The number of benzene rings is 2. The summed E-state index contributed by atoms with van der Waals surface area (Å²) in [7, 11) is 1.81. The number of aromatic nitrogens is 1. The molecule has 5 nitrogen and oxygen atoms in total. The Morgan fingerprint density at radius 1 is 1.06 bits per heavy atom. The van der Waals surface area contributed by atoms with Crippen LogP contribution in [0.4, 0.5) is 0 Å². The van der Waals surface area contributed by atoms with Gasteiger partial charge in [0, 0.05) is 30.6 Å². The van der Waals surface area contributed by atoms with Crippen molar-refractivity contribution in [1.29, 1.82) is 0 Å². The molecule has 0 spiro atoms. The predicted molar refractivity (Wildman–Crippen MR) is 141 cm³/mol. The van der Waals surface area contributed by atoms with E-state index in [9.17, 15) is 9.59 Å². The first kappa shape index (κ1) is 24.7. The molecule has 3 aromatic rings. The third-order valence-corrected chi connectivity index (χ3v) is 7.51. The molecule has 0 bridgehead atoms. The van der Waals surface area contributed by atoms with Gasteiger partial charge in [-0.05, 0) is 49.4 Å². The van der Waals surface area contributed by atoms with Crippen LogP contribution in [-0.4, -0.2) is 34.9 Å². The van der Waals surface area contributed by atoms with Gasteiger partial charge in [0.15, 0.2) is 5.78 Å². The number of nitrogens with zero attached hydrogens (tertiary/aromatic N) is 1. The average Bonchev–Trinajstić information content (AvgIpc) is 2.93. The van der Waals surface area contributed by atoms with Gasteiger partial charge >= 0.3 is 5.97 Å². The Hall–Kier alpha value is -3.38. The van der Waals surface area contributed by atoms with E-state index in [2.05, 4.69) is 10.3 Å². The van der Waals surface area contributed by atoms with Crippen LogP contribution >= 0.6 is 12.2 Å². The van der Waals surface area contributed by atoms with Crippen LogP contribution in [0.3, 0.4) is 0 Å². The van der Waals surface area contributed by atoms with E-state index < -0.39 is 17.4 Å². The van der Waals surface area contributed by atoms with E-state index in [4.69, 9.17) is 17.0 Å². The Bertz CT molecular complexity index is 1200. The summed E-state index contributed by atoms with van der Waals surface area (Å²) >= 11 is 5.78. The molecule has 1 heterocycles. The molecule has 3 atom stereocenters. The topological polar surface area (TPSA) is 68.3 Å². The number of nitrogens with one attached hydrogen (secondary N) is 1. The van der Waals surface area contributed by atoms with Crippen LogP contribution in [-0.2, 0) is 14.9 Å². The zero-order chi connectivity index (χ0) is 24.8. The lowest BCUT2D eigenvalue weighted by atomic mass is 9.67. The Balaban J connectivity index is 1.59. The summed E-state index contributed by atoms with van der Waals surface area (Å²) in [6, 6.07) is 20.3. The number of carbonyl (C=O) groups excluding carboxylic acids is 2. The van der Waals surface area contributed by atoms with Gasteiger partial charge in [-0.1, -0.05) is 73.2 Å². The zero-order valence-corrected chi connectivity index (χ0v) is 20.9. The summed E-state index contributed by atoms with van der Waals surface area (Å²) < 4.78 is 6.21. The van der Waals surface area contributed by atoms with E-state index in [1.807, 2.05) is 62.6 Å². The fourth-order valence-corrected chi connectivity index (χ4v) is 5.31. The lowest BCUT2D eigenvalue weighted by molar-refractivity contribution is -0.154. The van der Waals surface area contributed by atoms with Crippen molar-refractivity contribution in [2.24, 2.45) is 0 Å². The molecule has 1 fully saturated rings. The smallest absolute Gasteiger partial charge is 0.313 e. The molecule has 0 amide bonds. The van der Waals surface area contributed by atoms with Crippen LogP contribution < -0.4 is 5.32 Å². The first-order valence-corrected chi connectivity index (χ1v) is 12.4. The van der Waals surface area contributed by atoms with Gasteiger partial charge in [0.2, 0.25) is 0 Å². The summed E-state index contributed by atoms with van der Waals surface area (Å²) in [5.74, 6) is -0.932. The monoisotopic (exact) mass is 486 g/mol. The zero-order valence-electron chi connectivity index (χ0n) is 20.1. The number of carbonyl (C=O) groups is 2. The number of rotatable bonds is 7. The Kier molecular flexibility index (Phi) is 7.71. The molecule has 180 valence electrons. The van der Waals surface area contributed by atoms with Gasteiger partial charge in [-0.2, -0.15) is 0 Å². The van der Waals surface area contributed by atoms with Gasteiger partial charge in [0.1, 0.15) is 6.10 Å². The minimum absolute atomic E-state index is 0.0738. The highest BCUT2D eigenvalue weighted by atomic mass is 32.1. The van der Waals surface area contributed by atoms with Crippen molar-refractivity contribution in [2.75, 3.05) is 7.05 Å². The standard InChI is InChI=1S/C29H30N2O3S/c1-20(22-12-8-13-23(18-22)26(32)21-10-4-3-5-11-21)27(33)34-25-15-6-7-16-29(25,28(35)30-2)24-14-9-17-31-19-24/h3-5,8-14,17-20,25H,6-7,15-16H2,1-2H3,(H,30,35)/t20?,25-,29+/m1/s1. The van der Waals surface area contributed by atoms with Gasteiger partial charge in [-0.3, -0.25) is 14.6 Å². The van der Waals surface area contributed by atoms with Gasteiger partial charge in [0.25, 0.3) is 0 Å². The summed E-state index contributed by atoms with van der Waals surface area (Å²) in [4.78, 5) is 31.3. The van der Waals surface area contributed by atoms with Gasteiger partial charge in [-0.25, -0.2) is 0 Å². The number of thiocarbonyl (C=S) groups is 1. The van der Waals surface area contributed by atoms with Crippen molar-refractivity contribution in [3.63, 3.8) is 0 Å². The van der Waals surface area contributed by atoms with Crippen molar-refractivity contribution in [1.82, 2.24) is 10.3 Å². The second kappa shape index (κ2) is 10.9. The summed E-state index contributed by atoms with van der Waals surface area (Å²) in [6.45, 7) is 1.82. The molecule has 35 heavy (non-hydrogen) atoms. The van der Waals surface area contributed by atoms with E-state index in [0.717, 1.165) is 36.8 Å². The van der Waals surface area contributed by atoms with Crippen molar-refractivity contribution in [3.8, 4) is 0 Å². The van der Waals surface area contributed by atoms with E-state index in [1.165, 1.54) is 0 Å². The molecule has 1 N–H and O–H groups in total. The number of esters is 1. The second-order valence-electron chi connectivity index (χ2n) is 9.01. The molecule has 2 aromatic carbocycles. The maximum atomic E-state index is 13.4.